The zero-order valence-electron chi connectivity index (χ0n) is 13.9. The van der Waals surface area contributed by atoms with Crippen molar-refractivity contribution in [3.63, 3.8) is 0 Å². The fourth-order valence-electron chi connectivity index (χ4n) is 2.80. The lowest BCUT2D eigenvalue weighted by Crippen LogP contribution is -2.58. The van der Waals surface area contributed by atoms with E-state index in [2.05, 4.69) is 27.4 Å². The third-order valence-electron chi connectivity index (χ3n) is 4.28. The summed E-state index contributed by atoms with van der Waals surface area (Å²) in [5.74, 6) is 5.21. The summed E-state index contributed by atoms with van der Waals surface area (Å²) >= 11 is 0. The number of rotatable bonds is 2. The summed E-state index contributed by atoms with van der Waals surface area (Å²) < 4.78 is 5.36. The van der Waals surface area contributed by atoms with E-state index in [1.54, 1.807) is 18.3 Å². The van der Waals surface area contributed by atoms with Gasteiger partial charge in [0.1, 0.15) is 30.5 Å². The molecule has 1 saturated heterocycles. The van der Waals surface area contributed by atoms with Gasteiger partial charge in [-0.15, -0.1) is 0 Å². The second kappa shape index (κ2) is 7.41. The summed E-state index contributed by atoms with van der Waals surface area (Å²) in [5, 5.41) is 48.8. The first-order valence-corrected chi connectivity index (χ1v) is 7.97. The topological polar surface area (TPSA) is 148 Å². The van der Waals surface area contributed by atoms with Gasteiger partial charge in [-0.05, 0) is 12.1 Å². The number of aliphatic hydroxyl groups excluding tert-OH is 4. The van der Waals surface area contributed by atoms with Gasteiger partial charge < -0.3 is 30.5 Å². The molecule has 138 valence electrons. The second-order valence-corrected chi connectivity index (χ2v) is 5.96. The van der Waals surface area contributed by atoms with Gasteiger partial charge >= 0.3 is 0 Å². The Kier molecular flexibility index (Phi) is 5.22. The highest BCUT2D eigenvalue weighted by atomic mass is 16.5. The molecule has 3 rings (SSSR count). The minimum absolute atomic E-state index is 0.288. The SMILES string of the molecule is CNC(=O)c1cc(C#CC2OC(CO)[C@@H](O)C(O)C2O)c2[nH]ncc2c1. The largest absolute Gasteiger partial charge is 0.394 e. The maximum Gasteiger partial charge on any atom is 0.251 e. The number of carbonyl (C=O) groups is 1. The van der Waals surface area contributed by atoms with Crippen LogP contribution in [0.1, 0.15) is 15.9 Å². The van der Waals surface area contributed by atoms with Gasteiger partial charge in [-0.1, -0.05) is 11.8 Å². The molecule has 0 saturated carbocycles. The molecule has 26 heavy (non-hydrogen) atoms. The number of nitrogens with zero attached hydrogens (tertiary/aromatic N) is 1. The summed E-state index contributed by atoms with van der Waals surface area (Å²) in [6, 6.07) is 3.23. The number of benzene rings is 1. The molecule has 0 aliphatic carbocycles. The molecule has 1 aromatic heterocycles. The van der Waals surface area contributed by atoms with Gasteiger partial charge in [-0.25, -0.2) is 0 Å². The Labute approximate surface area is 148 Å². The Morgan fingerprint density at radius 3 is 2.77 bits per heavy atom. The Balaban J connectivity index is 1.96. The molecule has 1 aliphatic heterocycles. The van der Waals surface area contributed by atoms with Crippen LogP contribution in [0.3, 0.4) is 0 Å². The van der Waals surface area contributed by atoms with E-state index in [1.807, 2.05) is 0 Å². The van der Waals surface area contributed by atoms with Crippen molar-refractivity contribution in [1.82, 2.24) is 15.5 Å². The first-order chi connectivity index (χ1) is 12.5. The number of amides is 1. The number of hydrogen-bond acceptors (Lipinski definition) is 7. The monoisotopic (exact) mass is 361 g/mol. The molecule has 0 spiro atoms. The lowest BCUT2D eigenvalue weighted by atomic mass is 9.95. The Hall–Kier alpha value is -2.48. The predicted molar refractivity (Wildman–Crippen MR) is 90.1 cm³/mol. The minimum atomic E-state index is -1.50. The van der Waals surface area contributed by atoms with Crippen LogP contribution < -0.4 is 5.32 Å². The first-order valence-electron chi connectivity index (χ1n) is 7.97. The van der Waals surface area contributed by atoms with Crippen LogP contribution in [0.15, 0.2) is 18.3 Å². The number of aliphatic hydroxyl groups is 4. The third-order valence-corrected chi connectivity index (χ3v) is 4.28. The van der Waals surface area contributed by atoms with E-state index < -0.39 is 37.1 Å². The van der Waals surface area contributed by atoms with Crippen molar-refractivity contribution in [2.24, 2.45) is 0 Å². The normalized spacial score (nSPS) is 28.4. The predicted octanol–water partition coefficient (Wildman–Crippen LogP) is -1.88. The van der Waals surface area contributed by atoms with E-state index in [0.717, 1.165) is 0 Å². The average Bonchev–Trinajstić information content (AvgIpc) is 3.13. The van der Waals surface area contributed by atoms with E-state index in [1.165, 1.54) is 7.05 Å². The molecule has 0 radical (unpaired) electrons. The molecule has 9 nitrogen and oxygen atoms in total. The first kappa shape index (κ1) is 18.3. The van der Waals surface area contributed by atoms with Crippen molar-refractivity contribution in [2.45, 2.75) is 30.5 Å². The van der Waals surface area contributed by atoms with Gasteiger partial charge in [0.2, 0.25) is 0 Å². The summed E-state index contributed by atoms with van der Waals surface area (Å²) in [6.07, 6.45) is -4.97. The molecule has 5 atom stereocenters. The molecule has 9 heteroatoms. The summed E-state index contributed by atoms with van der Waals surface area (Å²) in [7, 11) is 1.52. The van der Waals surface area contributed by atoms with Gasteiger partial charge in [0, 0.05) is 18.0 Å². The Morgan fingerprint density at radius 1 is 1.31 bits per heavy atom. The van der Waals surface area contributed by atoms with E-state index in [0.29, 0.717) is 22.0 Å². The van der Waals surface area contributed by atoms with Crippen molar-refractivity contribution in [2.75, 3.05) is 13.7 Å². The van der Waals surface area contributed by atoms with Gasteiger partial charge in [0.05, 0.1) is 23.9 Å². The average molecular weight is 361 g/mol. The molecule has 1 amide bonds. The van der Waals surface area contributed by atoms with Gasteiger partial charge in [0.25, 0.3) is 5.91 Å². The second-order valence-electron chi connectivity index (χ2n) is 5.96. The third kappa shape index (κ3) is 3.29. The maximum absolute atomic E-state index is 11.9. The number of aromatic nitrogens is 2. The van der Waals surface area contributed by atoms with Gasteiger partial charge in [-0.3, -0.25) is 9.89 Å². The van der Waals surface area contributed by atoms with E-state index in [4.69, 9.17) is 4.74 Å². The maximum atomic E-state index is 11.9. The molecule has 1 aliphatic rings. The number of H-pyrrole nitrogens is 1. The zero-order valence-corrected chi connectivity index (χ0v) is 13.9. The Morgan fingerprint density at radius 2 is 2.08 bits per heavy atom. The van der Waals surface area contributed by atoms with Crippen LogP contribution in [-0.2, 0) is 4.74 Å². The number of fused-ring (bicyclic) bond motifs is 1. The van der Waals surface area contributed by atoms with Crippen LogP contribution in [-0.4, -0.2) is 80.7 Å². The molecule has 2 aromatic rings. The molecule has 2 heterocycles. The summed E-state index contributed by atoms with van der Waals surface area (Å²) in [6.45, 7) is -0.528. The van der Waals surface area contributed by atoms with Crippen molar-refractivity contribution >= 4 is 16.8 Å². The highest BCUT2D eigenvalue weighted by Gasteiger charge is 2.42. The quantitative estimate of drug-likeness (QED) is 0.343. The number of hydrogen-bond donors (Lipinski definition) is 6. The van der Waals surface area contributed by atoms with Crippen LogP contribution in [0.2, 0.25) is 0 Å². The fourth-order valence-corrected chi connectivity index (χ4v) is 2.80. The van der Waals surface area contributed by atoms with Crippen molar-refractivity contribution in [3.8, 4) is 11.8 Å². The summed E-state index contributed by atoms with van der Waals surface area (Å²) in [5.41, 5.74) is 1.45. The number of nitrogens with one attached hydrogen (secondary N) is 2. The lowest BCUT2D eigenvalue weighted by Gasteiger charge is -2.37. The lowest BCUT2D eigenvalue weighted by molar-refractivity contribution is -0.214. The number of carbonyl (C=O) groups excluding carboxylic acids is 1. The number of aromatic amines is 1. The van der Waals surface area contributed by atoms with Crippen molar-refractivity contribution in [3.05, 3.63) is 29.5 Å². The molecule has 0 bridgehead atoms. The standard InChI is InChI=1S/C17H19N3O6/c1-18-17(25)9-4-8(13-10(5-9)6-19-20-13)2-3-11-14(22)16(24)15(23)12(7-21)26-11/h4-6,11-12,14-16,21-24H,7H2,1H3,(H,18,25)(H,19,20)/t11?,12?,14?,15-,16?/m1/s1. The van der Waals surface area contributed by atoms with E-state index >= 15 is 0 Å². The molecular weight excluding hydrogens is 342 g/mol. The molecule has 4 unspecified atom stereocenters. The number of ether oxygens (including phenoxy) is 1. The van der Waals surface area contributed by atoms with Crippen molar-refractivity contribution < 1.29 is 30.0 Å². The fraction of sp³-hybridized carbons (Fsp3) is 0.412. The zero-order chi connectivity index (χ0) is 18.8. The van der Waals surface area contributed by atoms with Gasteiger partial charge in [-0.2, -0.15) is 5.10 Å². The Bertz CT molecular complexity index is 868. The summed E-state index contributed by atoms with van der Waals surface area (Å²) in [4.78, 5) is 11.9. The molecule has 1 aromatic carbocycles. The molecular formula is C17H19N3O6. The molecule has 6 N–H and O–H groups in total. The minimum Gasteiger partial charge on any atom is -0.394 e. The van der Waals surface area contributed by atoms with E-state index in [9.17, 15) is 25.2 Å². The smallest absolute Gasteiger partial charge is 0.251 e. The highest BCUT2D eigenvalue weighted by molar-refractivity contribution is 5.99. The molecule has 1 fully saturated rings. The van der Waals surface area contributed by atoms with Crippen LogP contribution >= 0.6 is 0 Å². The van der Waals surface area contributed by atoms with Gasteiger partial charge in [0.15, 0.2) is 0 Å². The van der Waals surface area contributed by atoms with Crippen molar-refractivity contribution in [1.29, 1.82) is 0 Å². The van der Waals surface area contributed by atoms with Crippen LogP contribution in [0.25, 0.3) is 10.9 Å². The van der Waals surface area contributed by atoms with Crippen LogP contribution in [0.4, 0.5) is 0 Å². The van der Waals surface area contributed by atoms with Crippen LogP contribution in [0, 0.1) is 11.8 Å². The highest BCUT2D eigenvalue weighted by Crippen LogP contribution is 2.22. The van der Waals surface area contributed by atoms with E-state index in [-0.39, 0.29) is 5.91 Å². The van der Waals surface area contributed by atoms with Crippen LogP contribution in [0.5, 0.6) is 0 Å².